The highest BCUT2D eigenvalue weighted by Crippen LogP contribution is 2.28. The SMILES string of the molecule is C[C@H]1CCN(C(=O)OC(C)(C)C)[C@@H]1C(=O)N1CCN(c2ccccn2)CC1. The minimum atomic E-state index is -0.565. The molecule has 3 heterocycles. The Kier molecular flexibility index (Phi) is 5.58. The van der Waals surface area contributed by atoms with Crippen LogP contribution < -0.4 is 4.90 Å². The topological polar surface area (TPSA) is 66.0 Å². The van der Waals surface area contributed by atoms with E-state index in [1.807, 2.05) is 50.8 Å². The molecule has 2 saturated heterocycles. The van der Waals surface area contributed by atoms with Crippen molar-refractivity contribution in [2.75, 3.05) is 37.6 Å². The number of likely N-dealkylation sites (tertiary alicyclic amines) is 1. The van der Waals surface area contributed by atoms with Gasteiger partial charge in [0.1, 0.15) is 17.5 Å². The lowest BCUT2D eigenvalue weighted by atomic mass is 10.0. The second-order valence-electron chi connectivity index (χ2n) is 8.38. The first-order valence-electron chi connectivity index (χ1n) is 9.70. The molecule has 2 aliphatic heterocycles. The van der Waals surface area contributed by atoms with E-state index in [2.05, 4.69) is 9.88 Å². The third kappa shape index (κ3) is 4.51. The maximum Gasteiger partial charge on any atom is 0.410 e. The largest absolute Gasteiger partial charge is 0.444 e. The van der Waals surface area contributed by atoms with Crippen LogP contribution in [0.5, 0.6) is 0 Å². The Morgan fingerprint density at radius 2 is 1.81 bits per heavy atom. The van der Waals surface area contributed by atoms with Gasteiger partial charge in [-0.2, -0.15) is 0 Å². The van der Waals surface area contributed by atoms with Gasteiger partial charge < -0.3 is 14.5 Å². The van der Waals surface area contributed by atoms with Crippen LogP contribution in [0.15, 0.2) is 24.4 Å². The van der Waals surface area contributed by atoms with Crippen LogP contribution in [0, 0.1) is 5.92 Å². The Morgan fingerprint density at radius 1 is 1.11 bits per heavy atom. The lowest BCUT2D eigenvalue weighted by Crippen LogP contribution is -2.56. The number of aromatic nitrogens is 1. The zero-order valence-electron chi connectivity index (χ0n) is 16.7. The van der Waals surface area contributed by atoms with Crippen molar-refractivity contribution in [3.05, 3.63) is 24.4 Å². The standard InChI is InChI=1S/C20H30N4O3/c1-15-8-10-24(19(26)27-20(2,3)4)17(15)18(25)23-13-11-22(12-14-23)16-7-5-6-9-21-16/h5-7,9,15,17H,8,10-14H2,1-4H3/t15-,17-/m0/s1. The highest BCUT2D eigenvalue weighted by molar-refractivity contribution is 5.87. The summed E-state index contributed by atoms with van der Waals surface area (Å²) in [6.45, 7) is 10.9. The number of pyridine rings is 1. The maximum atomic E-state index is 13.2. The summed E-state index contributed by atoms with van der Waals surface area (Å²) in [7, 11) is 0. The molecule has 0 unspecified atom stereocenters. The molecule has 2 fully saturated rings. The van der Waals surface area contributed by atoms with E-state index in [0.29, 0.717) is 19.6 Å². The number of amides is 2. The Morgan fingerprint density at radius 3 is 2.41 bits per heavy atom. The van der Waals surface area contributed by atoms with Gasteiger partial charge in [-0.1, -0.05) is 13.0 Å². The van der Waals surface area contributed by atoms with Crippen molar-refractivity contribution in [3.63, 3.8) is 0 Å². The second-order valence-corrected chi connectivity index (χ2v) is 8.38. The van der Waals surface area contributed by atoms with Gasteiger partial charge in [0.05, 0.1) is 0 Å². The molecule has 148 valence electrons. The van der Waals surface area contributed by atoms with Crippen LogP contribution >= 0.6 is 0 Å². The van der Waals surface area contributed by atoms with E-state index in [0.717, 1.165) is 25.3 Å². The minimum Gasteiger partial charge on any atom is -0.444 e. The number of carbonyl (C=O) groups is 2. The van der Waals surface area contributed by atoms with Crippen molar-refractivity contribution in [1.82, 2.24) is 14.8 Å². The van der Waals surface area contributed by atoms with E-state index in [4.69, 9.17) is 4.74 Å². The minimum absolute atomic E-state index is 0.0338. The molecule has 1 aromatic rings. The summed E-state index contributed by atoms with van der Waals surface area (Å²) in [5.41, 5.74) is -0.565. The number of ether oxygens (including phenoxy) is 1. The molecule has 0 spiro atoms. The maximum absolute atomic E-state index is 13.2. The van der Waals surface area contributed by atoms with Crippen LogP contribution in [0.2, 0.25) is 0 Å². The molecule has 7 heteroatoms. The highest BCUT2D eigenvalue weighted by atomic mass is 16.6. The third-order valence-corrected chi connectivity index (χ3v) is 5.15. The number of piperazine rings is 1. The van der Waals surface area contributed by atoms with E-state index >= 15 is 0 Å². The van der Waals surface area contributed by atoms with Gasteiger partial charge in [0.15, 0.2) is 0 Å². The lowest BCUT2D eigenvalue weighted by molar-refractivity contribution is -0.137. The normalized spacial score (nSPS) is 23.5. The van der Waals surface area contributed by atoms with Gasteiger partial charge in [-0.3, -0.25) is 9.69 Å². The van der Waals surface area contributed by atoms with Crippen LogP contribution in [0.4, 0.5) is 10.6 Å². The van der Waals surface area contributed by atoms with E-state index < -0.39 is 17.7 Å². The Hall–Kier alpha value is -2.31. The summed E-state index contributed by atoms with van der Waals surface area (Å²) in [6, 6.07) is 5.43. The van der Waals surface area contributed by atoms with Gasteiger partial charge >= 0.3 is 6.09 Å². The molecule has 0 aliphatic carbocycles. The number of carbonyl (C=O) groups excluding carboxylic acids is 2. The second kappa shape index (κ2) is 7.74. The fraction of sp³-hybridized carbons (Fsp3) is 0.650. The summed E-state index contributed by atoms with van der Waals surface area (Å²) < 4.78 is 5.51. The number of anilines is 1. The molecule has 7 nitrogen and oxygen atoms in total. The zero-order chi connectivity index (χ0) is 19.6. The summed E-state index contributed by atoms with van der Waals surface area (Å²) >= 11 is 0. The average molecular weight is 374 g/mol. The number of hydrogen-bond donors (Lipinski definition) is 0. The fourth-order valence-electron chi connectivity index (χ4n) is 3.73. The van der Waals surface area contributed by atoms with Crippen molar-refractivity contribution in [3.8, 4) is 0 Å². The van der Waals surface area contributed by atoms with Crippen molar-refractivity contribution >= 4 is 17.8 Å². The summed E-state index contributed by atoms with van der Waals surface area (Å²) in [5.74, 6) is 1.11. The Labute approximate surface area is 161 Å². The summed E-state index contributed by atoms with van der Waals surface area (Å²) in [5, 5.41) is 0. The highest BCUT2D eigenvalue weighted by Gasteiger charge is 2.43. The molecule has 0 N–H and O–H groups in total. The molecular weight excluding hydrogens is 344 g/mol. The summed E-state index contributed by atoms with van der Waals surface area (Å²) in [4.78, 5) is 35.8. The quantitative estimate of drug-likeness (QED) is 0.795. The van der Waals surface area contributed by atoms with Crippen molar-refractivity contribution in [2.45, 2.75) is 45.8 Å². The number of nitrogens with zero attached hydrogens (tertiary/aromatic N) is 4. The van der Waals surface area contributed by atoms with Crippen molar-refractivity contribution in [2.24, 2.45) is 5.92 Å². The van der Waals surface area contributed by atoms with Gasteiger partial charge in [0, 0.05) is 38.9 Å². The predicted molar refractivity (Wildman–Crippen MR) is 104 cm³/mol. The molecule has 0 saturated carbocycles. The molecule has 0 aromatic carbocycles. The van der Waals surface area contributed by atoms with E-state index in [-0.39, 0.29) is 11.8 Å². The zero-order valence-corrected chi connectivity index (χ0v) is 16.7. The predicted octanol–water partition coefficient (Wildman–Crippen LogP) is 2.38. The van der Waals surface area contributed by atoms with Crippen molar-refractivity contribution < 1.29 is 14.3 Å². The molecular formula is C20H30N4O3. The van der Waals surface area contributed by atoms with Gasteiger partial charge in [-0.15, -0.1) is 0 Å². The van der Waals surface area contributed by atoms with Crippen molar-refractivity contribution in [1.29, 1.82) is 0 Å². The van der Waals surface area contributed by atoms with Gasteiger partial charge in [0.2, 0.25) is 5.91 Å². The van der Waals surface area contributed by atoms with Crippen LogP contribution in [0.25, 0.3) is 0 Å². The first kappa shape index (κ1) is 19.5. The molecule has 0 radical (unpaired) electrons. The molecule has 3 rings (SSSR count). The van der Waals surface area contributed by atoms with Crippen LogP contribution in [-0.4, -0.2) is 71.2 Å². The van der Waals surface area contributed by atoms with Gasteiger partial charge in [-0.25, -0.2) is 9.78 Å². The molecule has 1 aromatic heterocycles. The molecule has 27 heavy (non-hydrogen) atoms. The average Bonchev–Trinajstić information content (AvgIpc) is 3.02. The smallest absolute Gasteiger partial charge is 0.410 e. The monoisotopic (exact) mass is 374 g/mol. The first-order chi connectivity index (χ1) is 12.8. The molecule has 2 atom stereocenters. The Bertz CT molecular complexity index is 666. The molecule has 2 aliphatic rings. The van der Waals surface area contributed by atoms with E-state index in [9.17, 15) is 9.59 Å². The Balaban J connectivity index is 1.63. The van der Waals surface area contributed by atoms with Crippen LogP contribution in [0.1, 0.15) is 34.1 Å². The van der Waals surface area contributed by atoms with Crippen LogP contribution in [-0.2, 0) is 9.53 Å². The number of rotatable bonds is 2. The third-order valence-electron chi connectivity index (χ3n) is 5.15. The van der Waals surface area contributed by atoms with E-state index in [1.54, 1.807) is 11.1 Å². The summed E-state index contributed by atoms with van der Waals surface area (Å²) in [6.07, 6.45) is 2.22. The number of hydrogen-bond acceptors (Lipinski definition) is 5. The lowest BCUT2D eigenvalue weighted by Gasteiger charge is -2.38. The first-order valence-corrected chi connectivity index (χ1v) is 9.70. The van der Waals surface area contributed by atoms with Crippen LogP contribution in [0.3, 0.4) is 0 Å². The van der Waals surface area contributed by atoms with Gasteiger partial charge in [0.25, 0.3) is 0 Å². The molecule has 0 bridgehead atoms. The van der Waals surface area contributed by atoms with E-state index in [1.165, 1.54) is 0 Å². The van der Waals surface area contributed by atoms with Gasteiger partial charge in [-0.05, 0) is 45.2 Å². The molecule has 2 amide bonds. The fourth-order valence-corrected chi connectivity index (χ4v) is 3.73.